The number of nitrogens with zero attached hydrogens (tertiary/aromatic N) is 3. The first-order valence-corrected chi connectivity index (χ1v) is 9.20. The molecule has 0 bridgehead atoms. The van der Waals surface area contributed by atoms with E-state index in [0.29, 0.717) is 6.61 Å². The van der Waals surface area contributed by atoms with E-state index in [-0.39, 0.29) is 42.2 Å². The molecule has 1 aliphatic heterocycles. The number of carbonyl (C=O) groups excluding carboxylic acids is 1. The van der Waals surface area contributed by atoms with Crippen molar-refractivity contribution >= 4 is 23.0 Å². The third-order valence-electron chi connectivity index (χ3n) is 4.56. The molecule has 3 rings (SSSR count). The summed E-state index contributed by atoms with van der Waals surface area (Å²) in [6.07, 6.45) is -2.43. The fourth-order valence-electron chi connectivity index (χ4n) is 3.00. The van der Waals surface area contributed by atoms with E-state index in [0.717, 1.165) is 0 Å². The van der Waals surface area contributed by atoms with Crippen LogP contribution in [0, 0.1) is 5.92 Å². The number of aliphatic hydroxyl groups is 2. The molecule has 4 atom stereocenters. The van der Waals surface area contributed by atoms with Gasteiger partial charge in [-0.05, 0) is 0 Å². The van der Waals surface area contributed by atoms with Crippen LogP contribution in [0.3, 0.4) is 0 Å². The Morgan fingerprint density at radius 2 is 2.21 bits per heavy atom. The smallest absolute Gasteiger partial charge is 0.280 e. The third-order valence-corrected chi connectivity index (χ3v) is 4.56. The Kier molecular flexibility index (Phi) is 6.59. The summed E-state index contributed by atoms with van der Waals surface area (Å²) >= 11 is 0. The van der Waals surface area contributed by atoms with E-state index >= 15 is 0 Å². The molecule has 29 heavy (non-hydrogen) atoms. The van der Waals surface area contributed by atoms with Crippen molar-refractivity contribution in [2.75, 3.05) is 32.2 Å². The van der Waals surface area contributed by atoms with Gasteiger partial charge in [0.15, 0.2) is 17.4 Å². The molecule has 12 heteroatoms. The molecule has 1 amide bonds. The molecule has 0 aliphatic carbocycles. The minimum absolute atomic E-state index is 0.0210. The number of carbonyl (C=O) groups is 1. The largest absolute Gasteiger partial charge is 0.394 e. The number of fused-ring (bicyclic) bond motifs is 1. The van der Waals surface area contributed by atoms with Crippen LogP contribution in [0.4, 0.5) is 5.95 Å². The van der Waals surface area contributed by atoms with Gasteiger partial charge in [0.2, 0.25) is 11.9 Å². The summed E-state index contributed by atoms with van der Waals surface area (Å²) in [4.78, 5) is 35.0. The van der Waals surface area contributed by atoms with Gasteiger partial charge in [0, 0.05) is 13.0 Å². The van der Waals surface area contributed by atoms with E-state index < -0.39 is 30.1 Å². The van der Waals surface area contributed by atoms with Gasteiger partial charge in [-0.3, -0.25) is 24.5 Å². The minimum atomic E-state index is -1.16. The van der Waals surface area contributed by atoms with Gasteiger partial charge in [0.05, 0.1) is 26.1 Å². The van der Waals surface area contributed by atoms with Gasteiger partial charge in [-0.1, -0.05) is 13.8 Å². The average Bonchev–Trinajstić information content (AvgIpc) is 3.23. The maximum Gasteiger partial charge on any atom is 0.280 e. The predicted molar refractivity (Wildman–Crippen MR) is 100 cm³/mol. The molecule has 0 saturated carbocycles. The summed E-state index contributed by atoms with van der Waals surface area (Å²) in [6.45, 7) is 3.56. The quantitative estimate of drug-likeness (QED) is 0.399. The molecular weight excluding hydrogens is 386 g/mol. The summed E-state index contributed by atoms with van der Waals surface area (Å²) in [5, 5.41) is 22.8. The Morgan fingerprint density at radius 1 is 1.45 bits per heavy atom. The highest BCUT2D eigenvalue weighted by Crippen LogP contribution is 2.32. The van der Waals surface area contributed by atoms with E-state index in [1.54, 1.807) is 13.8 Å². The number of hydrogen-bond acceptors (Lipinski definition) is 9. The molecule has 3 heterocycles. The number of amides is 1. The van der Waals surface area contributed by atoms with Gasteiger partial charge in [-0.25, -0.2) is 4.98 Å². The summed E-state index contributed by atoms with van der Waals surface area (Å²) in [5.41, 5.74) is -0.411. The lowest BCUT2D eigenvalue weighted by Crippen LogP contribution is -2.37. The zero-order valence-corrected chi connectivity index (χ0v) is 16.4. The number of rotatable bonds is 8. The van der Waals surface area contributed by atoms with Crippen LogP contribution in [0.15, 0.2) is 11.1 Å². The lowest BCUT2D eigenvalue weighted by atomic mass is 10.1. The number of imidazole rings is 1. The van der Waals surface area contributed by atoms with E-state index in [9.17, 15) is 19.8 Å². The van der Waals surface area contributed by atoms with Crippen LogP contribution in [0.25, 0.3) is 11.2 Å². The van der Waals surface area contributed by atoms with Crippen LogP contribution in [0.5, 0.6) is 0 Å². The van der Waals surface area contributed by atoms with Crippen LogP contribution >= 0.6 is 0 Å². The number of aromatic amines is 1. The van der Waals surface area contributed by atoms with Gasteiger partial charge < -0.3 is 24.4 Å². The number of hydrogen-bond donors (Lipinski definition) is 4. The Balaban J connectivity index is 1.91. The van der Waals surface area contributed by atoms with E-state index in [1.807, 2.05) is 0 Å². The first-order chi connectivity index (χ1) is 13.9. The first-order valence-electron chi connectivity index (χ1n) is 9.20. The number of aromatic nitrogens is 4. The topological polar surface area (TPSA) is 161 Å². The molecule has 2 aromatic heterocycles. The fourth-order valence-corrected chi connectivity index (χ4v) is 3.00. The first kappa shape index (κ1) is 21.3. The molecule has 0 spiro atoms. The Hall–Kier alpha value is -2.38. The number of anilines is 1. The highest BCUT2D eigenvalue weighted by Gasteiger charge is 2.45. The minimum Gasteiger partial charge on any atom is -0.394 e. The fraction of sp³-hybridized carbons (Fsp3) is 0.647. The summed E-state index contributed by atoms with van der Waals surface area (Å²) < 4.78 is 17.6. The molecule has 1 fully saturated rings. The van der Waals surface area contributed by atoms with Crippen LogP contribution in [-0.2, 0) is 19.0 Å². The van der Waals surface area contributed by atoms with E-state index in [4.69, 9.17) is 14.2 Å². The Bertz CT molecular complexity index is 911. The molecule has 4 N–H and O–H groups in total. The molecule has 2 aromatic rings. The molecule has 1 saturated heterocycles. The van der Waals surface area contributed by atoms with Crippen LogP contribution in [-0.4, -0.2) is 80.9 Å². The highest BCUT2D eigenvalue weighted by molar-refractivity contribution is 5.91. The Labute approximate surface area is 165 Å². The molecule has 160 valence electrons. The molecular formula is C17H25N5O7. The van der Waals surface area contributed by atoms with Gasteiger partial charge in [-0.15, -0.1) is 0 Å². The molecule has 1 aliphatic rings. The maximum absolute atomic E-state index is 12.3. The third kappa shape index (κ3) is 4.31. The number of H-pyrrole nitrogens is 1. The number of aliphatic hydroxyl groups excluding tert-OH is 2. The molecule has 0 radical (unpaired) electrons. The SMILES string of the molecule is COCCO[C@H]1[C@@H](O)[C@H](n2cnc3c(=O)[nH]c(NC(=O)C(C)C)nc32)O[C@@H]1CO. The van der Waals surface area contributed by atoms with Gasteiger partial charge in [-0.2, -0.15) is 4.98 Å². The number of nitrogens with one attached hydrogen (secondary N) is 2. The van der Waals surface area contributed by atoms with Crippen LogP contribution < -0.4 is 10.9 Å². The predicted octanol–water partition coefficient (Wildman–Crippen LogP) is -1.00. The van der Waals surface area contributed by atoms with Crippen molar-refractivity contribution < 1.29 is 29.2 Å². The number of methoxy groups -OCH3 is 1. The van der Waals surface area contributed by atoms with Crippen molar-refractivity contribution in [2.45, 2.75) is 38.4 Å². The Morgan fingerprint density at radius 3 is 2.86 bits per heavy atom. The van der Waals surface area contributed by atoms with Crippen molar-refractivity contribution in [3.63, 3.8) is 0 Å². The maximum atomic E-state index is 12.3. The van der Waals surface area contributed by atoms with Crippen LogP contribution in [0.1, 0.15) is 20.1 Å². The van der Waals surface area contributed by atoms with Crippen molar-refractivity contribution in [3.05, 3.63) is 16.7 Å². The second kappa shape index (κ2) is 8.97. The second-order valence-corrected chi connectivity index (χ2v) is 6.95. The summed E-state index contributed by atoms with van der Waals surface area (Å²) in [5.74, 6) is -0.666. The lowest BCUT2D eigenvalue weighted by molar-refractivity contribution is -0.118. The van der Waals surface area contributed by atoms with Crippen molar-refractivity contribution in [1.82, 2.24) is 19.5 Å². The zero-order chi connectivity index (χ0) is 21.1. The normalized spacial score (nSPS) is 24.5. The standard InChI is InChI=1S/C17H25N5O7/c1-8(2)14(25)20-17-19-13-10(15(26)21-17)18-7-22(13)16-11(24)12(9(6-23)29-16)28-5-4-27-3/h7-9,11-12,16,23-24H,4-6H2,1-3H3,(H2,19,20,21,25,26)/t9-,11-,12-,16-/m1/s1. The van der Waals surface area contributed by atoms with Crippen LogP contribution in [0.2, 0.25) is 0 Å². The monoisotopic (exact) mass is 411 g/mol. The van der Waals surface area contributed by atoms with Gasteiger partial charge >= 0.3 is 0 Å². The van der Waals surface area contributed by atoms with Gasteiger partial charge in [0.1, 0.15) is 18.3 Å². The van der Waals surface area contributed by atoms with Crippen molar-refractivity contribution in [2.24, 2.45) is 5.92 Å². The number of ether oxygens (including phenoxy) is 3. The summed E-state index contributed by atoms with van der Waals surface area (Å²) in [7, 11) is 1.52. The summed E-state index contributed by atoms with van der Waals surface area (Å²) in [6, 6.07) is 0. The lowest BCUT2D eigenvalue weighted by Gasteiger charge is -2.19. The average molecular weight is 411 g/mol. The molecule has 0 unspecified atom stereocenters. The van der Waals surface area contributed by atoms with Gasteiger partial charge in [0.25, 0.3) is 5.56 Å². The highest BCUT2D eigenvalue weighted by atomic mass is 16.6. The zero-order valence-electron chi connectivity index (χ0n) is 16.4. The second-order valence-electron chi connectivity index (χ2n) is 6.95. The van der Waals surface area contributed by atoms with E-state index in [2.05, 4.69) is 20.3 Å². The van der Waals surface area contributed by atoms with Crippen molar-refractivity contribution in [1.29, 1.82) is 0 Å². The molecule has 0 aromatic carbocycles. The molecule has 12 nitrogen and oxygen atoms in total. The van der Waals surface area contributed by atoms with Crippen molar-refractivity contribution in [3.8, 4) is 0 Å². The van der Waals surface area contributed by atoms with E-state index in [1.165, 1.54) is 18.0 Å².